The van der Waals surface area contributed by atoms with Crippen molar-refractivity contribution in [2.24, 2.45) is 0 Å². The molecule has 0 spiro atoms. The van der Waals surface area contributed by atoms with Gasteiger partial charge in [0.2, 0.25) is 10.0 Å². The summed E-state index contributed by atoms with van der Waals surface area (Å²) in [4.78, 5) is 33.6. The average Bonchev–Trinajstić information content (AvgIpc) is 3.10. The molecule has 0 bridgehead atoms. The first-order valence-electron chi connectivity index (χ1n) is 7.35. The molecule has 0 atom stereocenters. The van der Waals surface area contributed by atoms with Crippen LogP contribution in [-0.4, -0.2) is 50.2 Å². The van der Waals surface area contributed by atoms with Crippen LogP contribution in [0.1, 0.15) is 9.67 Å². The summed E-state index contributed by atoms with van der Waals surface area (Å²) in [6, 6.07) is 7.89. The number of thiophene rings is 1. The molecule has 1 aromatic carbocycles. The number of rotatable bonds is 7. The van der Waals surface area contributed by atoms with Crippen LogP contribution >= 0.6 is 11.3 Å². The van der Waals surface area contributed by atoms with E-state index in [4.69, 9.17) is 4.74 Å². The first kappa shape index (κ1) is 20.5. The van der Waals surface area contributed by atoms with Gasteiger partial charge >= 0.3 is 11.0 Å². The van der Waals surface area contributed by atoms with Crippen LogP contribution in [0.25, 0.3) is 0 Å². The highest BCUT2D eigenvalue weighted by Gasteiger charge is 2.18. The van der Waals surface area contributed by atoms with Crippen molar-refractivity contribution in [3.63, 3.8) is 0 Å². The second kappa shape index (κ2) is 8.24. The molecule has 0 radical (unpaired) electrons. The van der Waals surface area contributed by atoms with Gasteiger partial charge in [-0.05, 0) is 30.3 Å². The molecule has 1 aromatic heterocycles. The van der Waals surface area contributed by atoms with Crippen molar-refractivity contribution >= 4 is 43.9 Å². The normalized spacial score (nSPS) is 11.2. The molecule has 0 saturated heterocycles. The van der Waals surface area contributed by atoms with Gasteiger partial charge in [0.25, 0.3) is 5.91 Å². The van der Waals surface area contributed by atoms with Gasteiger partial charge in [0.05, 0.1) is 9.82 Å². The van der Waals surface area contributed by atoms with Crippen molar-refractivity contribution in [3.8, 4) is 0 Å². The molecule has 2 rings (SSSR count). The van der Waals surface area contributed by atoms with Crippen molar-refractivity contribution < 1.29 is 27.7 Å². The monoisotopic (exact) mass is 413 g/mol. The van der Waals surface area contributed by atoms with E-state index >= 15 is 0 Å². The van der Waals surface area contributed by atoms with Gasteiger partial charge in [0, 0.05) is 25.8 Å². The fourth-order valence-electron chi connectivity index (χ4n) is 1.86. The fourth-order valence-corrected chi connectivity index (χ4v) is 3.47. The lowest BCUT2D eigenvalue weighted by molar-refractivity contribution is -0.380. The first-order chi connectivity index (χ1) is 12.6. The molecule has 27 heavy (non-hydrogen) atoms. The summed E-state index contributed by atoms with van der Waals surface area (Å²) in [5, 5.41) is 12.8. The second-order valence-corrected chi connectivity index (χ2v) is 8.55. The Morgan fingerprint density at radius 3 is 2.33 bits per heavy atom. The predicted octanol–water partition coefficient (Wildman–Crippen LogP) is 1.70. The zero-order chi connectivity index (χ0) is 20.2. The number of ether oxygens (including phenoxy) is 1. The third-order valence-electron chi connectivity index (χ3n) is 3.22. The number of sulfonamides is 1. The number of hydrogen-bond acceptors (Lipinski definition) is 8. The van der Waals surface area contributed by atoms with Gasteiger partial charge in [0.1, 0.15) is 4.88 Å². The van der Waals surface area contributed by atoms with Crippen LogP contribution in [-0.2, 0) is 19.6 Å². The number of carbonyl (C=O) groups excluding carboxylic acids is 2. The lowest BCUT2D eigenvalue weighted by Crippen LogP contribution is -2.22. The standard InChI is InChI=1S/C15H15N3O7S2/c1-17(2)27(23,24)11-5-3-10(4-6-11)16-13(19)9-25-15(20)12-7-8-14(26-12)18(21)22/h3-8H,9H2,1-2H3,(H,16,19). The van der Waals surface area contributed by atoms with Gasteiger partial charge in [-0.3, -0.25) is 14.9 Å². The minimum absolute atomic E-state index is 0.00717. The number of amides is 1. The number of anilines is 1. The molecule has 0 unspecified atom stereocenters. The quantitative estimate of drug-likeness (QED) is 0.414. The molecule has 1 N–H and O–H groups in total. The van der Waals surface area contributed by atoms with Gasteiger partial charge in [-0.15, -0.1) is 0 Å². The van der Waals surface area contributed by atoms with Crippen molar-refractivity contribution in [1.82, 2.24) is 4.31 Å². The number of benzene rings is 1. The van der Waals surface area contributed by atoms with Crippen molar-refractivity contribution in [3.05, 3.63) is 51.4 Å². The third kappa shape index (κ3) is 5.09. The number of esters is 1. The van der Waals surface area contributed by atoms with E-state index in [1.54, 1.807) is 0 Å². The van der Waals surface area contributed by atoms with Gasteiger partial charge in [-0.1, -0.05) is 11.3 Å². The van der Waals surface area contributed by atoms with E-state index < -0.39 is 33.4 Å². The zero-order valence-electron chi connectivity index (χ0n) is 14.2. The van der Waals surface area contributed by atoms with E-state index in [9.17, 15) is 28.1 Å². The Balaban J connectivity index is 1.92. The van der Waals surface area contributed by atoms with Crippen LogP contribution in [0.15, 0.2) is 41.3 Å². The van der Waals surface area contributed by atoms with E-state index in [0.29, 0.717) is 17.0 Å². The molecule has 1 amide bonds. The highest BCUT2D eigenvalue weighted by molar-refractivity contribution is 7.89. The largest absolute Gasteiger partial charge is 0.451 e. The summed E-state index contributed by atoms with van der Waals surface area (Å²) in [6.45, 7) is -0.595. The van der Waals surface area contributed by atoms with E-state index in [-0.39, 0.29) is 14.8 Å². The summed E-state index contributed by atoms with van der Waals surface area (Å²) in [5.41, 5.74) is 0.320. The Morgan fingerprint density at radius 2 is 1.81 bits per heavy atom. The summed E-state index contributed by atoms with van der Waals surface area (Å²) >= 11 is 0.645. The Morgan fingerprint density at radius 1 is 1.19 bits per heavy atom. The molecule has 0 aliphatic heterocycles. The smallest absolute Gasteiger partial charge is 0.349 e. The van der Waals surface area contributed by atoms with Crippen molar-refractivity contribution in [1.29, 1.82) is 0 Å². The van der Waals surface area contributed by atoms with E-state index in [0.717, 1.165) is 4.31 Å². The van der Waals surface area contributed by atoms with Gasteiger partial charge < -0.3 is 10.1 Å². The Kier molecular flexibility index (Phi) is 6.25. The van der Waals surface area contributed by atoms with Crippen molar-refractivity contribution in [2.75, 3.05) is 26.0 Å². The van der Waals surface area contributed by atoms with Crippen LogP contribution < -0.4 is 5.32 Å². The van der Waals surface area contributed by atoms with E-state index in [1.165, 1.54) is 50.5 Å². The fraction of sp³-hybridized carbons (Fsp3) is 0.200. The number of nitrogens with one attached hydrogen (secondary N) is 1. The maximum Gasteiger partial charge on any atom is 0.349 e. The minimum atomic E-state index is -3.57. The van der Waals surface area contributed by atoms with Gasteiger partial charge in [0.15, 0.2) is 6.61 Å². The predicted molar refractivity (Wildman–Crippen MR) is 97.2 cm³/mol. The summed E-state index contributed by atoms with van der Waals surface area (Å²) in [5.74, 6) is -1.49. The second-order valence-electron chi connectivity index (χ2n) is 5.33. The van der Waals surface area contributed by atoms with Crippen LogP contribution in [0.2, 0.25) is 0 Å². The summed E-state index contributed by atoms with van der Waals surface area (Å²) < 4.78 is 29.8. The number of carbonyl (C=O) groups is 2. The van der Waals surface area contributed by atoms with Gasteiger partial charge in [-0.2, -0.15) is 0 Å². The molecule has 12 heteroatoms. The SMILES string of the molecule is CN(C)S(=O)(=O)c1ccc(NC(=O)COC(=O)c2ccc([N+](=O)[O-])s2)cc1. The number of nitrogens with zero attached hydrogens (tertiary/aromatic N) is 2. The first-order valence-corrected chi connectivity index (χ1v) is 9.60. The highest BCUT2D eigenvalue weighted by atomic mass is 32.2. The lowest BCUT2D eigenvalue weighted by Gasteiger charge is -2.12. The molecule has 2 aromatic rings. The maximum absolute atomic E-state index is 12.0. The van der Waals surface area contributed by atoms with Crippen LogP contribution in [0.4, 0.5) is 10.7 Å². The molecule has 0 aliphatic rings. The Bertz CT molecular complexity index is 966. The van der Waals surface area contributed by atoms with Crippen molar-refractivity contribution in [2.45, 2.75) is 4.90 Å². The highest BCUT2D eigenvalue weighted by Crippen LogP contribution is 2.24. The third-order valence-corrected chi connectivity index (χ3v) is 6.07. The summed E-state index contributed by atoms with van der Waals surface area (Å²) in [7, 11) is -0.765. The van der Waals surface area contributed by atoms with Crippen LogP contribution in [0, 0.1) is 10.1 Å². The average molecular weight is 413 g/mol. The Labute approximate surface area is 158 Å². The summed E-state index contributed by atoms with van der Waals surface area (Å²) in [6.07, 6.45) is 0. The molecular weight excluding hydrogens is 398 g/mol. The van der Waals surface area contributed by atoms with Crippen LogP contribution in [0.3, 0.4) is 0 Å². The minimum Gasteiger partial charge on any atom is -0.451 e. The lowest BCUT2D eigenvalue weighted by atomic mass is 10.3. The topological polar surface area (TPSA) is 136 Å². The molecule has 144 valence electrons. The van der Waals surface area contributed by atoms with Gasteiger partial charge in [-0.25, -0.2) is 17.5 Å². The molecule has 1 heterocycles. The molecule has 10 nitrogen and oxygen atoms in total. The number of hydrogen-bond donors (Lipinski definition) is 1. The maximum atomic E-state index is 12.0. The number of nitro groups is 1. The molecule has 0 saturated carbocycles. The molecule has 0 fully saturated rings. The van der Waals surface area contributed by atoms with E-state index in [1.807, 2.05) is 0 Å². The molecular formula is C15H15N3O7S2. The molecule has 0 aliphatic carbocycles. The zero-order valence-corrected chi connectivity index (χ0v) is 15.9. The Hall–Kier alpha value is -2.83. The van der Waals surface area contributed by atoms with Crippen LogP contribution in [0.5, 0.6) is 0 Å². The van der Waals surface area contributed by atoms with E-state index in [2.05, 4.69) is 5.32 Å².